The van der Waals surface area contributed by atoms with E-state index in [1.54, 1.807) is 0 Å². The first-order valence-electron chi connectivity index (χ1n) is 7.64. The molecule has 0 bridgehead atoms. The number of hydrogen-bond acceptors (Lipinski definition) is 3. The van der Waals surface area contributed by atoms with Gasteiger partial charge in [0.25, 0.3) is 0 Å². The van der Waals surface area contributed by atoms with Gasteiger partial charge >= 0.3 is 6.03 Å². The summed E-state index contributed by atoms with van der Waals surface area (Å²) in [6, 6.07) is -0.441. The average molecular weight is 281 g/mol. The number of urea groups is 1. The van der Waals surface area contributed by atoms with Gasteiger partial charge < -0.3 is 11.1 Å². The van der Waals surface area contributed by atoms with Crippen LogP contribution in [0.5, 0.6) is 0 Å². The minimum atomic E-state index is -0.441. The molecule has 2 amide bonds. The van der Waals surface area contributed by atoms with Gasteiger partial charge in [0.2, 0.25) is 0 Å². The highest BCUT2D eigenvalue weighted by Gasteiger charge is 2.00. The Hall–Kier alpha value is -1.59. The largest absolute Gasteiger partial charge is 0.352 e. The first-order valence-corrected chi connectivity index (χ1v) is 7.64. The van der Waals surface area contributed by atoms with Crippen molar-refractivity contribution in [3.63, 3.8) is 0 Å². The minimum Gasteiger partial charge on any atom is -0.352 e. The highest BCUT2D eigenvalue weighted by atomic mass is 16.2. The van der Waals surface area contributed by atoms with Crippen LogP contribution in [0, 0.1) is 0 Å². The molecule has 0 aliphatic carbocycles. The van der Waals surface area contributed by atoms with E-state index < -0.39 is 6.03 Å². The smallest absolute Gasteiger partial charge is 0.312 e. The summed E-state index contributed by atoms with van der Waals surface area (Å²) in [6.45, 7) is 3.79. The highest BCUT2D eigenvalue weighted by Crippen LogP contribution is 2.05. The summed E-state index contributed by atoms with van der Waals surface area (Å²) in [5, 5.41) is 10.9. The summed E-state index contributed by atoms with van der Waals surface area (Å²) in [4.78, 5) is 10.5. The van der Waals surface area contributed by atoms with Crippen LogP contribution >= 0.6 is 0 Å². The predicted molar refractivity (Wildman–Crippen MR) is 79.3 cm³/mol. The Morgan fingerprint density at radius 1 is 1.25 bits per heavy atom. The fourth-order valence-corrected chi connectivity index (χ4v) is 2.08. The van der Waals surface area contributed by atoms with Gasteiger partial charge in [0.05, 0.1) is 5.69 Å². The molecule has 3 N–H and O–H groups in total. The summed E-state index contributed by atoms with van der Waals surface area (Å²) in [7, 11) is 0. The normalized spacial score (nSPS) is 10.7. The maximum atomic E-state index is 10.5. The van der Waals surface area contributed by atoms with Crippen molar-refractivity contribution in [3.05, 3.63) is 11.9 Å². The number of nitrogens with two attached hydrogens (primary N) is 1. The SMILES string of the molecule is CCCCCc1cn(CCCCCCNC(N)=O)nn1. The van der Waals surface area contributed by atoms with Crippen LogP contribution in [-0.2, 0) is 13.0 Å². The highest BCUT2D eigenvalue weighted by molar-refractivity contribution is 5.71. The molecule has 0 aliphatic heterocycles. The number of aryl methyl sites for hydroxylation is 2. The van der Waals surface area contributed by atoms with Crippen molar-refractivity contribution >= 4 is 6.03 Å². The van der Waals surface area contributed by atoms with Crippen molar-refractivity contribution in [2.24, 2.45) is 5.73 Å². The topological polar surface area (TPSA) is 85.8 Å². The van der Waals surface area contributed by atoms with E-state index in [1.165, 1.54) is 19.3 Å². The monoisotopic (exact) mass is 281 g/mol. The lowest BCUT2D eigenvalue weighted by Crippen LogP contribution is -2.29. The standard InChI is InChI=1S/C14H27N5O/c1-2-3-6-9-13-12-19(18-17-13)11-8-5-4-7-10-16-14(15)20/h12H,2-11H2,1H3,(H3,15,16,20). The molecule has 0 atom stereocenters. The number of nitrogens with zero attached hydrogens (tertiary/aromatic N) is 3. The third-order valence-corrected chi connectivity index (χ3v) is 3.24. The van der Waals surface area contributed by atoms with E-state index in [4.69, 9.17) is 5.73 Å². The van der Waals surface area contributed by atoms with Gasteiger partial charge in [-0.15, -0.1) is 5.10 Å². The number of primary amides is 1. The Morgan fingerprint density at radius 3 is 2.80 bits per heavy atom. The Kier molecular flexibility index (Phi) is 8.42. The molecule has 0 aromatic carbocycles. The maximum Gasteiger partial charge on any atom is 0.312 e. The molecule has 0 unspecified atom stereocenters. The van der Waals surface area contributed by atoms with Crippen molar-refractivity contribution in [3.8, 4) is 0 Å². The molecule has 20 heavy (non-hydrogen) atoms. The number of rotatable bonds is 11. The number of aromatic nitrogens is 3. The first kappa shape index (κ1) is 16.5. The maximum absolute atomic E-state index is 10.5. The lowest BCUT2D eigenvalue weighted by molar-refractivity contribution is 0.248. The van der Waals surface area contributed by atoms with Gasteiger partial charge in [-0.1, -0.05) is 37.8 Å². The molecule has 0 spiro atoms. The molecule has 0 fully saturated rings. The average Bonchev–Trinajstić information content (AvgIpc) is 2.85. The van der Waals surface area contributed by atoms with Crippen molar-refractivity contribution in [2.45, 2.75) is 64.8 Å². The lowest BCUT2D eigenvalue weighted by atomic mass is 10.2. The van der Waals surface area contributed by atoms with Crippen LogP contribution in [0.2, 0.25) is 0 Å². The zero-order chi connectivity index (χ0) is 14.6. The number of unbranched alkanes of at least 4 members (excludes halogenated alkanes) is 5. The fraction of sp³-hybridized carbons (Fsp3) is 0.786. The number of carbonyl (C=O) groups excluding carboxylic acids is 1. The molecular formula is C14H27N5O. The van der Waals surface area contributed by atoms with Crippen LogP contribution in [0.15, 0.2) is 6.20 Å². The van der Waals surface area contributed by atoms with E-state index in [9.17, 15) is 4.79 Å². The molecule has 6 nitrogen and oxygen atoms in total. The Balaban J connectivity index is 2.03. The van der Waals surface area contributed by atoms with Gasteiger partial charge in [-0.2, -0.15) is 0 Å². The van der Waals surface area contributed by atoms with Crippen molar-refractivity contribution in [1.29, 1.82) is 0 Å². The van der Waals surface area contributed by atoms with Crippen molar-refractivity contribution < 1.29 is 4.79 Å². The van der Waals surface area contributed by atoms with Gasteiger partial charge in [-0.3, -0.25) is 4.68 Å². The number of carbonyl (C=O) groups is 1. The van der Waals surface area contributed by atoms with Crippen LogP contribution in [0.1, 0.15) is 57.6 Å². The summed E-state index contributed by atoms with van der Waals surface area (Å²) in [6.07, 6.45) is 11.1. The molecule has 1 aromatic rings. The summed E-state index contributed by atoms with van der Waals surface area (Å²) in [5.74, 6) is 0. The molecule has 1 heterocycles. The molecule has 6 heteroatoms. The molecule has 1 rings (SSSR count). The van der Waals surface area contributed by atoms with Gasteiger partial charge in [0.1, 0.15) is 0 Å². The molecule has 0 radical (unpaired) electrons. The van der Waals surface area contributed by atoms with E-state index >= 15 is 0 Å². The second-order valence-electron chi connectivity index (χ2n) is 5.14. The number of amides is 2. The first-order chi connectivity index (χ1) is 9.72. The number of hydrogen-bond donors (Lipinski definition) is 2. The third kappa shape index (κ3) is 7.76. The quantitative estimate of drug-likeness (QED) is 0.610. The van der Waals surface area contributed by atoms with Crippen LogP contribution in [0.3, 0.4) is 0 Å². The third-order valence-electron chi connectivity index (χ3n) is 3.24. The van der Waals surface area contributed by atoms with E-state index in [2.05, 4.69) is 28.7 Å². The van der Waals surface area contributed by atoms with Gasteiger partial charge in [-0.25, -0.2) is 4.79 Å². The lowest BCUT2D eigenvalue weighted by Gasteiger charge is -2.02. The van der Waals surface area contributed by atoms with Crippen LogP contribution in [-0.4, -0.2) is 27.6 Å². The zero-order valence-electron chi connectivity index (χ0n) is 12.5. The van der Waals surface area contributed by atoms with Gasteiger partial charge in [0.15, 0.2) is 0 Å². The van der Waals surface area contributed by atoms with Crippen LogP contribution in [0.4, 0.5) is 4.79 Å². The Morgan fingerprint density at radius 2 is 2.05 bits per heavy atom. The molecule has 0 saturated carbocycles. The molecular weight excluding hydrogens is 254 g/mol. The van der Waals surface area contributed by atoms with Crippen molar-refractivity contribution in [2.75, 3.05) is 6.54 Å². The van der Waals surface area contributed by atoms with E-state index in [1.807, 2.05) is 4.68 Å². The predicted octanol–water partition coefficient (Wildman–Crippen LogP) is 2.24. The second kappa shape index (κ2) is 10.2. The van der Waals surface area contributed by atoms with E-state index in [-0.39, 0.29) is 0 Å². The molecule has 0 aliphatic rings. The molecule has 1 aromatic heterocycles. The second-order valence-corrected chi connectivity index (χ2v) is 5.14. The number of nitrogens with one attached hydrogen (secondary N) is 1. The Bertz CT molecular complexity index is 377. The van der Waals surface area contributed by atoms with Crippen molar-refractivity contribution in [1.82, 2.24) is 20.3 Å². The molecule has 114 valence electrons. The minimum absolute atomic E-state index is 0.441. The molecule has 0 saturated heterocycles. The zero-order valence-corrected chi connectivity index (χ0v) is 12.5. The van der Waals surface area contributed by atoms with Crippen LogP contribution < -0.4 is 11.1 Å². The summed E-state index contributed by atoms with van der Waals surface area (Å²) < 4.78 is 1.93. The summed E-state index contributed by atoms with van der Waals surface area (Å²) >= 11 is 0. The Labute approximate surface area is 121 Å². The van der Waals surface area contributed by atoms with Crippen LogP contribution in [0.25, 0.3) is 0 Å². The van der Waals surface area contributed by atoms with Gasteiger partial charge in [-0.05, 0) is 25.7 Å². The van der Waals surface area contributed by atoms with Gasteiger partial charge in [0, 0.05) is 19.3 Å². The van der Waals surface area contributed by atoms with E-state index in [0.29, 0.717) is 6.54 Å². The summed E-state index contributed by atoms with van der Waals surface area (Å²) in [5.41, 5.74) is 6.09. The van der Waals surface area contributed by atoms with E-state index in [0.717, 1.165) is 44.3 Å². The fourth-order valence-electron chi connectivity index (χ4n) is 2.08.